The van der Waals surface area contributed by atoms with Crippen LogP contribution in [0.5, 0.6) is 11.8 Å². The maximum Gasteiger partial charge on any atom is 0.269 e. The van der Waals surface area contributed by atoms with E-state index in [2.05, 4.69) is 25.8 Å². The van der Waals surface area contributed by atoms with Crippen molar-refractivity contribution >= 4 is 29.2 Å². The molecule has 31 heavy (non-hydrogen) atoms. The topological polar surface area (TPSA) is 118 Å². The van der Waals surface area contributed by atoms with E-state index in [4.69, 9.17) is 21.1 Å². The molecular weight excluding hydrogens is 436 g/mol. The minimum atomic E-state index is -1.22. The Morgan fingerprint density at radius 1 is 1.10 bits per heavy atom. The highest BCUT2D eigenvalue weighted by molar-refractivity contribution is 6.34. The summed E-state index contributed by atoms with van der Waals surface area (Å²) in [5, 5.41) is 11.0. The van der Waals surface area contributed by atoms with Gasteiger partial charge in [0.15, 0.2) is 17.5 Å². The predicted molar refractivity (Wildman–Crippen MR) is 106 cm³/mol. The molecule has 3 N–H and O–H groups in total. The van der Waals surface area contributed by atoms with Crippen LogP contribution in [0.4, 0.5) is 14.6 Å². The fourth-order valence-corrected chi connectivity index (χ4v) is 2.77. The molecule has 2 amide bonds. The lowest BCUT2D eigenvalue weighted by Crippen LogP contribution is -2.23. The summed E-state index contributed by atoms with van der Waals surface area (Å²) in [6.45, 7) is 0.101. The van der Waals surface area contributed by atoms with Crippen molar-refractivity contribution in [3.8, 4) is 11.8 Å². The first-order valence-electron chi connectivity index (χ1n) is 8.69. The highest BCUT2D eigenvalue weighted by Crippen LogP contribution is 2.22. The molecule has 0 aliphatic heterocycles. The van der Waals surface area contributed by atoms with Crippen LogP contribution in [0, 0.1) is 11.6 Å². The van der Waals surface area contributed by atoms with Gasteiger partial charge in [0.1, 0.15) is 5.69 Å². The van der Waals surface area contributed by atoms with Gasteiger partial charge < -0.3 is 20.1 Å². The van der Waals surface area contributed by atoms with E-state index in [1.165, 1.54) is 20.3 Å². The first kappa shape index (κ1) is 22.0. The number of carbonyl (C=O) groups excluding carboxylic acids is 2. The van der Waals surface area contributed by atoms with Crippen molar-refractivity contribution in [1.82, 2.24) is 20.5 Å². The number of hydrogen-bond acceptors (Lipinski definition) is 6. The van der Waals surface area contributed by atoms with E-state index < -0.39 is 23.4 Å². The van der Waals surface area contributed by atoms with E-state index in [-0.39, 0.29) is 28.6 Å². The van der Waals surface area contributed by atoms with Crippen LogP contribution >= 0.6 is 11.6 Å². The van der Waals surface area contributed by atoms with Gasteiger partial charge in [0.25, 0.3) is 11.8 Å². The van der Waals surface area contributed by atoms with Gasteiger partial charge in [-0.2, -0.15) is 10.1 Å². The average molecular weight is 452 g/mol. The zero-order valence-electron chi connectivity index (χ0n) is 16.3. The van der Waals surface area contributed by atoms with Gasteiger partial charge in [-0.15, -0.1) is 0 Å². The number of nitrogens with zero attached hydrogens (tertiary/aromatic N) is 2. The van der Waals surface area contributed by atoms with Crippen molar-refractivity contribution < 1.29 is 27.8 Å². The molecule has 0 radical (unpaired) electrons. The zero-order valence-corrected chi connectivity index (χ0v) is 17.0. The van der Waals surface area contributed by atoms with E-state index >= 15 is 0 Å². The van der Waals surface area contributed by atoms with Gasteiger partial charge in [0.2, 0.25) is 11.8 Å². The number of nitrogens with one attached hydrogen (secondary N) is 3. The highest BCUT2D eigenvalue weighted by atomic mass is 35.5. The summed E-state index contributed by atoms with van der Waals surface area (Å²) < 4.78 is 36.7. The number of rotatable bonds is 7. The molecule has 3 rings (SSSR count). The number of hydrogen-bond donors (Lipinski definition) is 3. The summed E-state index contributed by atoms with van der Waals surface area (Å²) >= 11 is 5.78. The molecule has 0 bridgehead atoms. The van der Waals surface area contributed by atoms with Crippen LogP contribution in [0.3, 0.4) is 0 Å². The third-order valence-electron chi connectivity index (χ3n) is 4.07. The first-order valence-corrected chi connectivity index (χ1v) is 9.07. The van der Waals surface area contributed by atoms with E-state index in [1.54, 1.807) is 12.1 Å². The Kier molecular flexibility index (Phi) is 6.65. The Balaban J connectivity index is 1.65. The molecule has 1 aromatic carbocycles. The van der Waals surface area contributed by atoms with Crippen molar-refractivity contribution in [2.24, 2.45) is 0 Å². The summed E-state index contributed by atoms with van der Waals surface area (Å²) in [4.78, 5) is 28.7. The second-order valence-corrected chi connectivity index (χ2v) is 6.48. The number of methoxy groups -OCH3 is 2. The maximum atomic E-state index is 13.4. The molecule has 2 heterocycles. The second-order valence-electron chi connectivity index (χ2n) is 6.07. The van der Waals surface area contributed by atoms with Crippen molar-refractivity contribution in [3.05, 3.63) is 63.8 Å². The monoisotopic (exact) mass is 451 g/mol. The summed E-state index contributed by atoms with van der Waals surface area (Å²) in [7, 11) is 2.91. The number of H-pyrrole nitrogens is 1. The van der Waals surface area contributed by atoms with Crippen LogP contribution in [0.2, 0.25) is 5.02 Å². The lowest BCUT2D eigenvalue weighted by atomic mass is 10.2. The molecule has 162 valence electrons. The van der Waals surface area contributed by atoms with E-state index in [9.17, 15) is 18.4 Å². The number of aromatic amines is 1. The van der Waals surface area contributed by atoms with Crippen LogP contribution in [0.1, 0.15) is 26.4 Å². The average Bonchev–Trinajstić information content (AvgIpc) is 3.22. The van der Waals surface area contributed by atoms with E-state index in [0.29, 0.717) is 29.5 Å². The Labute approximate surface area is 179 Å². The van der Waals surface area contributed by atoms with Gasteiger partial charge in [0.05, 0.1) is 24.8 Å². The maximum absolute atomic E-state index is 13.4. The largest absolute Gasteiger partial charge is 0.481 e. The fourth-order valence-electron chi connectivity index (χ4n) is 2.53. The van der Waals surface area contributed by atoms with Crippen molar-refractivity contribution in [1.29, 1.82) is 0 Å². The van der Waals surface area contributed by atoms with E-state index in [1.807, 2.05) is 0 Å². The van der Waals surface area contributed by atoms with Crippen LogP contribution < -0.4 is 20.1 Å². The summed E-state index contributed by atoms with van der Waals surface area (Å²) in [5.74, 6) is -3.10. The van der Waals surface area contributed by atoms with Crippen molar-refractivity contribution in [2.45, 2.75) is 6.54 Å². The van der Waals surface area contributed by atoms with E-state index in [0.717, 1.165) is 0 Å². The second kappa shape index (κ2) is 9.39. The summed E-state index contributed by atoms with van der Waals surface area (Å²) in [5.41, 5.74) is 0.374. The molecular formula is C19H16ClF2N5O4. The molecule has 0 aliphatic rings. The molecule has 0 unspecified atom stereocenters. The number of pyridine rings is 1. The van der Waals surface area contributed by atoms with Crippen LogP contribution in [-0.2, 0) is 6.54 Å². The Hall–Kier alpha value is -3.73. The minimum absolute atomic E-state index is 0.0142. The van der Waals surface area contributed by atoms with Gasteiger partial charge in [-0.25, -0.2) is 8.78 Å². The third kappa shape index (κ3) is 5.07. The summed E-state index contributed by atoms with van der Waals surface area (Å²) in [6, 6.07) is 5.94. The molecule has 0 saturated carbocycles. The number of anilines is 1. The van der Waals surface area contributed by atoms with Gasteiger partial charge in [0, 0.05) is 24.2 Å². The number of benzene rings is 1. The molecule has 9 nitrogen and oxygen atoms in total. The Morgan fingerprint density at radius 2 is 1.84 bits per heavy atom. The number of halogens is 3. The van der Waals surface area contributed by atoms with Crippen LogP contribution in [-0.4, -0.2) is 41.2 Å². The minimum Gasteiger partial charge on any atom is -0.481 e. The van der Waals surface area contributed by atoms with Gasteiger partial charge in [-0.3, -0.25) is 14.7 Å². The van der Waals surface area contributed by atoms with Crippen LogP contribution in [0.15, 0.2) is 30.3 Å². The number of aromatic nitrogens is 3. The normalized spacial score (nSPS) is 10.5. The lowest BCUT2D eigenvalue weighted by Gasteiger charge is -2.09. The Bertz CT molecular complexity index is 1140. The highest BCUT2D eigenvalue weighted by Gasteiger charge is 2.18. The van der Waals surface area contributed by atoms with Gasteiger partial charge in [-0.1, -0.05) is 11.6 Å². The van der Waals surface area contributed by atoms with Crippen molar-refractivity contribution in [2.75, 3.05) is 19.5 Å². The third-order valence-corrected chi connectivity index (χ3v) is 4.39. The molecule has 0 spiro atoms. The first-order chi connectivity index (χ1) is 14.8. The quantitative estimate of drug-likeness (QED) is 0.475. The molecule has 3 aromatic rings. The standard InChI is InChI=1S/C19H16ClF2N5O4/c1-30-16-4-3-9(19(25-16)31-2)8-23-18(29)14-7-15(27-26-14)24-17(28)10-5-12(21)13(22)6-11(10)20/h3-7H,8H2,1-2H3,(H,23,29)(H2,24,26,27,28). The summed E-state index contributed by atoms with van der Waals surface area (Å²) in [6.07, 6.45) is 0. The molecule has 2 aromatic heterocycles. The number of ether oxygens (including phenoxy) is 2. The number of carbonyl (C=O) groups is 2. The zero-order chi connectivity index (χ0) is 22.5. The molecule has 12 heteroatoms. The molecule has 0 aliphatic carbocycles. The van der Waals surface area contributed by atoms with Crippen molar-refractivity contribution in [3.63, 3.8) is 0 Å². The molecule has 0 fully saturated rings. The fraction of sp³-hybridized carbons (Fsp3) is 0.158. The molecule has 0 atom stereocenters. The predicted octanol–water partition coefficient (Wildman–Crippen LogP) is 2.94. The molecule has 0 saturated heterocycles. The smallest absolute Gasteiger partial charge is 0.269 e. The Morgan fingerprint density at radius 3 is 2.55 bits per heavy atom. The number of amides is 2. The lowest BCUT2D eigenvalue weighted by molar-refractivity contribution is 0.0944. The van der Waals surface area contributed by atoms with Gasteiger partial charge in [-0.05, 0) is 18.2 Å². The van der Waals surface area contributed by atoms with Crippen LogP contribution in [0.25, 0.3) is 0 Å². The SMILES string of the molecule is COc1ccc(CNC(=O)c2cc(NC(=O)c3cc(F)c(F)cc3Cl)n[nH]2)c(OC)n1. The van der Waals surface area contributed by atoms with Gasteiger partial charge >= 0.3 is 0 Å².